The summed E-state index contributed by atoms with van der Waals surface area (Å²) in [5.41, 5.74) is 0. The molecule has 5 heteroatoms. The maximum atomic E-state index is 12.6. The van der Waals surface area contributed by atoms with Crippen LogP contribution in [0.1, 0.15) is 278 Å². The van der Waals surface area contributed by atoms with E-state index in [-0.39, 0.29) is 25.2 Å². The number of esters is 2. The predicted molar refractivity (Wildman–Crippen MR) is 270 cm³/mol. The van der Waals surface area contributed by atoms with Gasteiger partial charge < -0.3 is 14.2 Å². The molecule has 0 aliphatic rings. The molecular formula is C57H104O5. The summed E-state index contributed by atoms with van der Waals surface area (Å²) in [6, 6.07) is 0. The van der Waals surface area contributed by atoms with E-state index in [2.05, 4.69) is 69.4 Å². The van der Waals surface area contributed by atoms with Crippen LogP contribution in [-0.2, 0) is 23.8 Å². The third-order valence-electron chi connectivity index (χ3n) is 11.9. The Morgan fingerprint density at radius 2 is 0.613 bits per heavy atom. The van der Waals surface area contributed by atoms with Crippen molar-refractivity contribution in [2.75, 3.05) is 19.8 Å². The zero-order valence-electron chi connectivity index (χ0n) is 41.6. The van der Waals surface area contributed by atoms with Gasteiger partial charge in [-0.1, -0.05) is 230 Å². The minimum Gasteiger partial charge on any atom is -0.463 e. The summed E-state index contributed by atoms with van der Waals surface area (Å²) in [4.78, 5) is 25.2. The largest absolute Gasteiger partial charge is 0.463 e. The average Bonchev–Trinajstić information content (AvgIpc) is 3.28. The van der Waals surface area contributed by atoms with E-state index in [0.717, 1.165) is 83.5 Å². The van der Waals surface area contributed by atoms with E-state index in [9.17, 15) is 9.59 Å². The molecule has 5 nitrogen and oxygen atoms in total. The van der Waals surface area contributed by atoms with E-state index >= 15 is 0 Å². The Hall–Kier alpha value is -2.14. The molecule has 0 saturated carbocycles. The quantitative estimate of drug-likeness (QED) is 0.0346. The highest BCUT2D eigenvalue weighted by atomic mass is 16.6. The lowest BCUT2D eigenvalue weighted by molar-refractivity contribution is -0.155. The molecule has 0 aromatic rings. The average molecular weight is 869 g/mol. The van der Waals surface area contributed by atoms with Crippen molar-refractivity contribution in [1.82, 2.24) is 0 Å². The monoisotopic (exact) mass is 869 g/mol. The summed E-state index contributed by atoms with van der Waals surface area (Å²) in [6.45, 7) is 7.69. The number of carbonyl (C=O) groups is 2. The van der Waals surface area contributed by atoms with Crippen LogP contribution in [0.5, 0.6) is 0 Å². The molecule has 0 aromatic heterocycles. The van der Waals surface area contributed by atoms with Crippen LogP contribution in [0.25, 0.3) is 0 Å². The molecular weight excluding hydrogens is 765 g/mol. The molecule has 0 aromatic carbocycles. The van der Waals surface area contributed by atoms with Gasteiger partial charge in [0.2, 0.25) is 0 Å². The Morgan fingerprint density at radius 3 is 1.02 bits per heavy atom. The molecule has 0 aliphatic heterocycles. The molecule has 0 unspecified atom stereocenters. The predicted octanol–water partition coefficient (Wildman–Crippen LogP) is 18.3. The van der Waals surface area contributed by atoms with Crippen molar-refractivity contribution in [3.8, 4) is 0 Å². The lowest BCUT2D eigenvalue weighted by Crippen LogP contribution is -2.29. The summed E-state index contributed by atoms with van der Waals surface area (Å²) in [6.07, 6.45) is 65.7. The zero-order valence-corrected chi connectivity index (χ0v) is 41.6. The molecule has 0 N–H and O–H groups in total. The summed E-state index contributed by atoms with van der Waals surface area (Å²) in [7, 11) is 0. The molecule has 0 spiro atoms. The smallest absolute Gasteiger partial charge is 0.305 e. The minimum atomic E-state index is -0.410. The van der Waals surface area contributed by atoms with Crippen molar-refractivity contribution in [3.05, 3.63) is 48.6 Å². The Labute approximate surface area is 386 Å². The molecule has 0 saturated heterocycles. The van der Waals surface area contributed by atoms with Gasteiger partial charge in [0.15, 0.2) is 0 Å². The molecule has 0 bridgehead atoms. The summed E-state index contributed by atoms with van der Waals surface area (Å²) in [5, 5.41) is 0. The molecule has 362 valence electrons. The van der Waals surface area contributed by atoms with Crippen LogP contribution in [0.3, 0.4) is 0 Å². The summed E-state index contributed by atoms with van der Waals surface area (Å²) in [5.74, 6) is -0.358. The summed E-state index contributed by atoms with van der Waals surface area (Å²) >= 11 is 0. The molecule has 0 fully saturated rings. The molecule has 0 aliphatic carbocycles. The fourth-order valence-corrected chi connectivity index (χ4v) is 7.72. The number of carbonyl (C=O) groups excluding carboxylic acids is 2. The number of rotatable bonds is 50. The second-order valence-corrected chi connectivity index (χ2v) is 18.1. The van der Waals surface area contributed by atoms with E-state index in [1.54, 1.807) is 0 Å². The highest BCUT2D eigenvalue weighted by Crippen LogP contribution is 2.15. The number of unbranched alkanes of at least 4 members (excludes halogenated alkanes) is 31. The standard InChI is InChI=1S/C57H104O5/c1-4-7-10-13-16-19-22-25-27-29-30-33-36-39-42-45-48-51-57(59)62-54-55(53-61-56(58)50-47-44-41-38-35-32-24-21-18-15-12-9-6-3)60-52-49-46-43-40-37-34-31-28-26-23-20-17-14-11-8-5-2/h16,19,21,24-25,27,30,33,55H,4-15,17-18,20,22-23,26,28-29,31-32,34-54H2,1-3H3/b19-16-,24-21-,27-25-,33-30-/t55-/m0/s1. The van der Waals surface area contributed by atoms with Crippen LogP contribution in [0, 0.1) is 0 Å². The molecule has 1 atom stereocenters. The molecule has 0 radical (unpaired) electrons. The van der Waals surface area contributed by atoms with Gasteiger partial charge in [-0.3, -0.25) is 9.59 Å². The fraction of sp³-hybridized carbons (Fsp3) is 0.825. The first kappa shape index (κ1) is 59.9. The Bertz CT molecular complexity index is 1030. The Morgan fingerprint density at radius 1 is 0.339 bits per heavy atom. The van der Waals surface area contributed by atoms with E-state index in [1.165, 1.54) is 161 Å². The van der Waals surface area contributed by atoms with Gasteiger partial charge in [0, 0.05) is 19.4 Å². The Kier molecular flexibility index (Phi) is 51.4. The highest BCUT2D eigenvalue weighted by Gasteiger charge is 2.16. The van der Waals surface area contributed by atoms with Crippen molar-refractivity contribution >= 4 is 11.9 Å². The van der Waals surface area contributed by atoms with E-state index in [0.29, 0.717) is 19.4 Å². The molecule has 62 heavy (non-hydrogen) atoms. The van der Waals surface area contributed by atoms with Crippen molar-refractivity contribution in [2.45, 2.75) is 284 Å². The Balaban J connectivity index is 4.28. The van der Waals surface area contributed by atoms with Crippen molar-refractivity contribution in [3.63, 3.8) is 0 Å². The third kappa shape index (κ3) is 50.5. The van der Waals surface area contributed by atoms with Crippen LogP contribution >= 0.6 is 0 Å². The first-order chi connectivity index (χ1) is 30.6. The fourth-order valence-electron chi connectivity index (χ4n) is 7.72. The van der Waals surface area contributed by atoms with Crippen LogP contribution < -0.4 is 0 Å². The topological polar surface area (TPSA) is 61.8 Å². The molecule has 0 amide bonds. The highest BCUT2D eigenvalue weighted by molar-refractivity contribution is 5.69. The van der Waals surface area contributed by atoms with Gasteiger partial charge in [-0.05, 0) is 83.5 Å². The van der Waals surface area contributed by atoms with Crippen molar-refractivity contribution < 1.29 is 23.8 Å². The third-order valence-corrected chi connectivity index (χ3v) is 11.9. The van der Waals surface area contributed by atoms with Crippen LogP contribution in [-0.4, -0.2) is 37.9 Å². The van der Waals surface area contributed by atoms with Gasteiger partial charge in [0.1, 0.15) is 19.3 Å². The number of ether oxygens (including phenoxy) is 3. The van der Waals surface area contributed by atoms with Gasteiger partial charge in [-0.2, -0.15) is 0 Å². The number of hydrogen-bond donors (Lipinski definition) is 0. The number of hydrogen-bond acceptors (Lipinski definition) is 5. The second kappa shape index (κ2) is 53.2. The van der Waals surface area contributed by atoms with E-state index in [4.69, 9.17) is 14.2 Å². The first-order valence-electron chi connectivity index (χ1n) is 27.2. The number of allylic oxidation sites excluding steroid dienone is 8. The van der Waals surface area contributed by atoms with Crippen LogP contribution in [0.2, 0.25) is 0 Å². The van der Waals surface area contributed by atoms with E-state index in [1.807, 2.05) is 0 Å². The normalized spacial score (nSPS) is 12.5. The van der Waals surface area contributed by atoms with Gasteiger partial charge in [0.25, 0.3) is 0 Å². The SMILES string of the molecule is CCCCC/C=C\C/C=C\C/C=C\CCCCCCC(=O)OC[C@H](COC(=O)CCCCCCC/C=C\CCCCCC)OCCCCCCCCCCCCCCCCCC. The van der Waals surface area contributed by atoms with Gasteiger partial charge in [-0.15, -0.1) is 0 Å². The first-order valence-corrected chi connectivity index (χ1v) is 27.2. The minimum absolute atomic E-state index is 0.145. The molecule has 0 heterocycles. The van der Waals surface area contributed by atoms with Crippen LogP contribution in [0.4, 0.5) is 0 Å². The lowest BCUT2D eigenvalue weighted by atomic mass is 10.0. The van der Waals surface area contributed by atoms with Crippen LogP contribution in [0.15, 0.2) is 48.6 Å². The van der Waals surface area contributed by atoms with Gasteiger partial charge >= 0.3 is 11.9 Å². The van der Waals surface area contributed by atoms with E-state index < -0.39 is 6.10 Å². The van der Waals surface area contributed by atoms with Gasteiger partial charge in [0.05, 0.1) is 0 Å². The zero-order chi connectivity index (χ0) is 44.9. The van der Waals surface area contributed by atoms with Gasteiger partial charge in [-0.25, -0.2) is 0 Å². The molecule has 0 rings (SSSR count). The lowest BCUT2D eigenvalue weighted by Gasteiger charge is -2.18. The second-order valence-electron chi connectivity index (χ2n) is 18.1. The maximum absolute atomic E-state index is 12.6. The maximum Gasteiger partial charge on any atom is 0.305 e. The van der Waals surface area contributed by atoms with Crippen molar-refractivity contribution in [2.24, 2.45) is 0 Å². The van der Waals surface area contributed by atoms with Crippen molar-refractivity contribution in [1.29, 1.82) is 0 Å². The summed E-state index contributed by atoms with van der Waals surface area (Å²) < 4.78 is 17.4.